The summed E-state index contributed by atoms with van der Waals surface area (Å²) in [5.74, 6) is -1.71. The third-order valence-electron chi connectivity index (χ3n) is 3.91. The standard InChI is InChI=1S/C16H22N2O5S/c1-2-9-24(22,23)17-14-7-3-5-12(10-14)15(19)18-8-4-6-13(11-18)16(20)21/h3,5,7,10,13,17H,2,4,6,8-9,11H2,1H3,(H,20,21)/t13-/m0/s1. The van der Waals surface area contributed by atoms with Gasteiger partial charge < -0.3 is 10.0 Å². The van der Waals surface area contributed by atoms with E-state index in [1.807, 2.05) is 0 Å². The van der Waals surface area contributed by atoms with E-state index in [4.69, 9.17) is 5.11 Å². The number of anilines is 1. The number of carboxylic acid groups (broad SMARTS) is 1. The molecule has 0 aromatic heterocycles. The molecule has 1 atom stereocenters. The van der Waals surface area contributed by atoms with Gasteiger partial charge in [-0.3, -0.25) is 14.3 Å². The van der Waals surface area contributed by atoms with Crippen LogP contribution in [0.25, 0.3) is 0 Å². The van der Waals surface area contributed by atoms with E-state index in [1.54, 1.807) is 25.1 Å². The smallest absolute Gasteiger partial charge is 0.308 e. The lowest BCUT2D eigenvalue weighted by atomic mass is 9.97. The SMILES string of the molecule is CCCS(=O)(=O)Nc1cccc(C(=O)N2CCC[C@H](C(=O)O)C2)c1. The Morgan fingerprint density at radius 1 is 1.38 bits per heavy atom. The predicted octanol–water partition coefficient (Wildman–Crippen LogP) is 1.78. The molecule has 1 fully saturated rings. The van der Waals surface area contributed by atoms with Gasteiger partial charge in [0.05, 0.1) is 11.7 Å². The number of likely N-dealkylation sites (tertiary alicyclic amines) is 1. The van der Waals surface area contributed by atoms with Crippen molar-refractivity contribution < 1.29 is 23.1 Å². The van der Waals surface area contributed by atoms with E-state index in [2.05, 4.69) is 4.72 Å². The number of carbonyl (C=O) groups is 2. The second kappa shape index (κ2) is 7.65. The highest BCUT2D eigenvalue weighted by molar-refractivity contribution is 7.92. The molecule has 1 amide bonds. The number of hydrogen-bond donors (Lipinski definition) is 2. The highest BCUT2D eigenvalue weighted by Crippen LogP contribution is 2.20. The molecule has 0 radical (unpaired) electrons. The molecule has 2 rings (SSSR count). The first-order valence-electron chi connectivity index (χ1n) is 7.95. The first-order valence-corrected chi connectivity index (χ1v) is 9.60. The zero-order valence-electron chi connectivity index (χ0n) is 13.6. The topological polar surface area (TPSA) is 104 Å². The van der Waals surface area contributed by atoms with Gasteiger partial charge in [0, 0.05) is 24.3 Å². The maximum Gasteiger partial charge on any atom is 0.308 e. The Hall–Kier alpha value is -2.09. The number of nitrogens with zero attached hydrogens (tertiary/aromatic N) is 1. The van der Waals surface area contributed by atoms with Crippen LogP contribution in [-0.4, -0.2) is 49.1 Å². The maximum atomic E-state index is 12.6. The molecule has 2 N–H and O–H groups in total. The summed E-state index contributed by atoms with van der Waals surface area (Å²) < 4.78 is 26.1. The van der Waals surface area contributed by atoms with Crippen molar-refractivity contribution in [2.45, 2.75) is 26.2 Å². The van der Waals surface area contributed by atoms with Gasteiger partial charge in [-0.2, -0.15) is 0 Å². The van der Waals surface area contributed by atoms with Crippen molar-refractivity contribution in [1.29, 1.82) is 0 Å². The van der Waals surface area contributed by atoms with Gasteiger partial charge in [0.25, 0.3) is 5.91 Å². The second-order valence-electron chi connectivity index (χ2n) is 5.93. The van der Waals surface area contributed by atoms with Crippen LogP contribution < -0.4 is 4.72 Å². The average molecular weight is 354 g/mol. The molecule has 8 heteroatoms. The van der Waals surface area contributed by atoms with Gasteiger partial charge in [0.15, 0.2) is 0 Å². The second-order valence-corrected chi connectivity index (χ2v) is 7.77. The fourth-order valence-corrected chi connectivity index (χ4v) is 3.89. The molecule has 1 aromatic rings. The van der Waals surface area contributed by atoms with Gasteiger partial charge >= 0.3 is 5.97 Å². The number of carboxylic acids is 1. The predicted molar refractivity (Wildman–Crippen MR) is 90.4 cm³/mol. The van der Waals surface area contributed by atoms with Crippen LogP contribution in [0.4, 0.5) is 5.69 Å². The van der Waals surface area contributed by atoms with Crippen LogP contribution in [0, 0.1) is 5.92 Å². The molecule has 1 heterocycles. The Bertz CT molecular complexity index is 717. The Balaban J connectivity index is 2.13. The van der Waals surface area contributed by atoms with Gasteiger partial charge in [-0.15, -0.1) is 0 Å². The van der Waals surface area contributed by atoms with E-state index in [1.165, 1.54) is 11.0 Å². The van der Waals surface area contributed by atoms with Crippen LogP contribution >= 0.6 is 0 Å². The molecule has 0 bridgehead atoms. The van der Waals surface area contributed by atoms with Gasteiger partial charge in [-0.05, 0) is 37.5 Å². The number of benzene rings is 1. The van der Waals surface area contributed by atoms with Crippen molar-refractivity contribution in [3.63, 3.8) is 0 Å². The zero-order valence-corrected chi connectivity index (χ0v) is 14.4. The first kappa shape index (κ1) is 18.3. The van der Waals surface area contributed by atoms with Crippen LogP contribution in [-0.2, 0) is 14.8 Å². The number of sulfonamides is 1. The highest BCUT2D eigenvalue weighted by Gasteiger charge is 2.28. The molecule has 0 saturated carbocycles. The molecule has 0 unspecified atom stereocenters. The quantitative estimate of drug-likeness (QED) is 0.810. The van der Waals surface area contributed by atoms with E-state index < -0.39 is 21.9 Å². The summed E-state index contributed by atoms with van der Waals surface area (Å²) in [6.45, 7) is 2.46. The van der Waals surface area contributed by atoms with E-state index in [0.29, 0.717) is 37.1 Å². The fraction of sp³-hybridized carbons (Fsp3) is 0.500. The summed E-state index contributed by atoms with van der Waals surface area (Å²) in [5.41, 5.74) is 0.679. The number of rotatable bonds is 6. The minimum atomic E-state index is -3.42. The van der Waals surface area contributed by atoms with Crippen molar-refractivity contribution in [3.8, 4) is 0 Å². The lowest BCUT2D eigenvalue weighted by molar-refractivity contribution is -0.143. The Morgan fingerprint density at radius 2 is 2.12 bits per heavy atom. The van der Waals surface area contributed by atoms with Crippen molar-refractivity contribution in [2.24, 2.45) is 5.92 Å². The molecule has 132 valence electrons. The number of carbonyl (C=O) groups excluding carboxylic acids is 1. The summed E-state index contributed by atoms with van der Waals surface area (Å²) >= 11 is 0. The van der Waals surface area contributed by atoms with E-state index in [9.17, 15) is 18.0 Å². The molecule has 1 aliphatic rings. The third kappa shape index (κ3) is 4.70. The molecule has 1 aliphatic heterocycles. The third-order valence-corrected chi connectivity index (χ3v) is 5.41. The number of aliphatic carboxylic acids is 1. The van der Waals surface area contributed by atoms with Crippen LogP contribution in [0.15, 0.2) is 24.3 Å². The van der Waals surface area contributed by atoms with E-state index in [-0.39, 0.29) is 18.2 Å². The molecular weight excluding hydrogens is 332 g/mol. The molecule has 24 heavy (non-hydrogen) atoms. The number of amides is 1. The number of piperidine rings is 1. The van der Waals surface area contributed by atoms with E-state index >= 15 is 0 Å². The van der Waals surface area contributed by atoms with Crippen molar-refractivity contribution in [1.82, 2.24) is 4.90 Å². The molecular formula is C16H22N2O5S. The molecule has 0 aliphatic carbocycles. The zero-order chi connectivity index (χ0) is 17.7. The molecule has 1 aromatic carbocycles. The van der Waals surface area contributed by atoms with E-state index in [0.717, 1.165) is 0 Å². The lowest BCUT2D eigenvalue weighted by Gasteiger charge is -2.30. The van der Waals surface area contributed by atoms with Crippen molar-refractivity contribution in [3.05, 3.63) is 29.8 Å². The van der Waals surface area contributed by atoms with Gasteiger partial charge in [-0.1, -0.05) is 13.0 Å². The molecule has 0 spiro atoms. The summed E-state index contributed by atoms with van der Waals surface area (Å²) in [7, 11) is -3.42. The average Bonchev–Trinajstić information content (AvgIpc) is 2.54. The van der Waals surface area contributed by atoms with Gasteiger partial charge in [-0.25, -0.2) is 8.42 Å². The summed E-state index contributed by atoms with van der Waals surface area (Å²) in [5, 5.41) is 9.12. The summed E-state index contributed by atoms with van der Waals surface area (Å²) in [4.78, 5) is 25.2. The number of nitrogens with one attached hydrogen (secondary N) is 1. The van der Waals surface area contributed by atoms with Crippen LogP contribution in [0.3, 0.4) is 0 Å². The van der Waals surface area contributed by atoms with Gasteiger partial charge in [0.2, 0.25) is 10.0 Å². The van der Waals surface area contributed by atoms with Crippen LogP contribution in [0.5, 0.6) is 0 Å². The van der Waals surface area contributed by atoms with Crippen LogP contribution in [0.1, 0.15) is 36.5 Å². The summed E-state index contributed by atoms with van der Waals surface area (Å²) in [6, 6.07) is 6.28. The first-order chi connectivity index (χ1) is 11.3. The largest absolute Gasteiger partial charge is 0.481 e. The minimum absolute atomic E-state index is 0.0115. The number of hydrogen-bond acceptors (Lipinski definition) is 4. The highest BCUT2D eigenvalue weighted by atomic mass is 32.2. The molecule has 7 nitrogen and oxygen atoms in total. The summed E-state index contributed by atoms with van der Waals surface area (Å²) in [6.07, 6.45) is 1.71. The van der Waals surface area contributed by atoms with Crippen LogP contribution in [0.2, 0.25) is 0 Å². The Labute approximate surface area is 141 Å². The normalized spacial score (nSPS) is 18.2. The lowest BCUT2D eigenvalue weighted by Crippen LogP contribution is -2.42. The van der Waals surface area contributed by atoms with Crippen molar-refractivity contribution >= 4 is 27.6 Å². The van der Waals surface area contributed by atoms with Gasteiger partial charge in [0.1, 0.15) is 0 Å². The Kier molecular flexibility index (Phi) is 5.82. The van der Waals surface area contributed by atoms with Crippen molar-refractivity contribution in [2.75, 3.05) is 23.6 Å². The minimum Gasteiger partial charge on any atom is -0.481 e. The maximum absolute atomic E-state index is 12.6. The fourth-order valence-electron chi connectivity index (χ4n) is 2.76. The monoisotopic (exact) mass is 354 g/mol. The Morgan fingerprint density at radius 3 is 2.79 bits per heavy atom. The molecule has 1 saturated heterocycles.